The molecule has 2 rings (SSSR count). The van der Waals surface area contributed by atoms with Gasteiger partial charge >= 0.3 is 0 Å². The molecule has 0 bridgehead atoms. The Hall–Kier alpha value is -2.26. The van der Waals surface area contributed by atoms with Crippen LogP contribution in [0.15, 0.2) is 55.1 Å². The van der Waals surface area contributed by atoms with Crippen LogP contribution < -0.4 is 0 Å². The van der Waals surface area contributed by atoms with Crippen LogP contribution in [0.25, 0.3) is 6.08 Å². The fourth-order valence-corrected chi connectivity index (χ4v) is 1.90. The van der Waals surface area contributed by atoms with Crippen LogP contribution >= 0.6 is 0 Å². The highest BCUT2D eigenvalue weighted by Crippen LogP contribution is 2.07. The highest BCUT2D eigenvalue weighted by atomic mass is 14.0. The number of hydrogen-bond donors (Lipinski definition) is 0. The minimum absolute atomic E-state index is 0.775. The topological polar surface area (TPSA) is 0 Å². The predicted octanol–water partition coefficient (Wildman–Crippen LogP) is 4.49. The standard InChI is InChI=1S/C19H18/c1-3-16-11-13-18(14-12-16)8-6-10-19-9-5-7-17(4-2)15-19/h4-5,7,9,11-15H,2-3,10H2,1H3. The number of hydrogen-bond acceptors (Lipinski definition) is 0. The van der Waals surface area contributed by atoms with Gasteiger partial charge in [-0.2, -0.15) is 0 Å². The van der Waals surface area contributed by atoms with Crippen LogP contribution in [0.5, 0.6) is 0 Å². The summed E-state index contributed by atoms with van der Waals surface area (Å²) in [6, 6.07) is 16.8. The Morgan fingerprint density at radius 1 is 1.05 bits per heavy atom. The monoisotopic (exact) mass is 246 g/mol. The maximum absolute atomic E-state index is 3.78. The van der Waals surface area contributed by atoms with Crippen LogP contribution in [0.2, 0.25) is 0 Å². The molecule has 0 spiro atoms. The van der Waals surface area contributed by atoms with Gasteiger partial charge in [-0.15, -0.1) is 0 Å². The molecule has 0 aromatic heterocycles. The highest BCUT2D eigenvalue weighted by molar-refractivity contribution is 5.48. The molecule has 0 aliphatic rings. The third-order valence-corrected chi connectivity index (χ3v) is 3.07. The van der Waals surface area contributed by atoms with E-state index in [2.05, 4.69) is 61.7 Å². The molecule has 0 atom stereocenters. The van der Waals surface area contributed by atoms with E-state index in [4.69, 9.17) is 0 Å². The van der Waals surface area contributed by atoms with E-state index in [-0.39, 0.29) is 0 Å². The largest absolute Gasteiger partial charge is 0.0985 e. The number of rotatable bonds is 3. The van der Waals surface area contributed by atoms with Crippen molar-refractivity contribution in [2.45, 2.75) is 19.8 Å². The van der Waals surface area contributed by atoms with Gasteiger partial charge in [-0.3, -0.25) is 0 Å². The van der Waals surface area contributed by atoms with Gasteiger partial charge in [0.2, 0.25) is 0 Å². The first-order chi connectivity index (χ1) is 9.31. The van der Waals surface area contributed by atoms with Crippen molar-refractivity contribution in [2.75, 3.05) is 0 Å². The fourth-order valence-electron chi connectivity index (χ4n) is 1.90. The normalized spacial score (nSPS) is 9.53. The molecule has 0 fully saturated rings. The molecule has 0 saturated heterocycles. The third kappa shape index (κ3) is 3.86. The molecule has 0 heteroatoms. The van der Waals surface area contributed by atoms with Crippen molar-refractivity contribution in [3.05, 3.63) is 77.4 Å². The van der Waals surface area contributed by atoms with Gasteiger partial charge in [-0.1, -0.05) is 67.8 Å². The van der Waals surface area contributed by atoms with Gasteiger partial charge in [0, 0.05) is 12.0 Å². The van der Waals surface area contributed by atoms with Gasteiger partial charge in [-0.05, 0) is 35.2 Å². The molecule has 0 aliphatic carbocycles. The van der Waals surface area contributed by atoms with Gasteiger partial charge in [0.25, 0.3) is 0 Å². The smallest absolute Gasteiger partial charge is 0.0344 e. The van der Waals surface area contributed by atoms with E-state index in [0.717, 1.165) is 24.0 Å². The molecule has 2 aromatic carbocycles. The van der Waals surface area contributed by atoms with E-state index in [9.17, 15) is 0 Å². The molecule has 0 amide bonds. The first kappa shape index (κ1) is 13.2. The van der Waals surface area contributed by atoms with Gasteiger partial charge in [0.05, 0.1) is 0 Å². The van der Waals surface area contributed by atoms with Crippen LogP contribution in [0.4, 0.5) is 0 Å². The first-order valence-corrected chi connectivity index (χ1v) is 6.61. The van der Waals surface area contributed by atoms with Gasteiger partial charge in [-0.25, -0.2) is 0 Å². The Balaban J connectivity index is 2.05. The molecular weight excluding hydrogens is 228 g/mol. The summed E-state index contributed by atoms with van der Waals surface area (Å²) in [5.74, 6) is 6.43. The number of aryl methyl sites for hydroxylation is 1. The summed E-state index contributed by atoms with van der Waals surface area (Å²) < 4.78 is 0. The van der Waals surface area contributed by atoms with Crippen LogP contribution in [0.3, 0.4) is 0 Å². The summed E-state index contributed by atoms with van der Waals surface area (Å²) >= 11 is 0. The lowest BCUT2D eigenvalue weighted by Crippen LogP contribution is -1.83. The maximum Gasteiger partial charge on any atom is 0.0344 e. The molecule has 0 N–H and O–H groups in total. The lowest BCUT2D eigenvalue weighted by molar-refractivity contribution is 1.14. The summed E-state index contributed by atoms with van der Waals surface area (Å²) in [5.41, 5.74) is 4.81. The van der Waals surface area contributed by atoms with Crippen molar-refractivity contribution in [3.8, 4) is 11.8 Å². The molecule has 2 aromatic rings. The Labute approximate surface area is 115 Å². The van der Waals surface area contributed by atoms with Crippen molar-refractivity contribution >= 4 is 6.08 Å². The molecule has 0 aliphatic heterocycles. The van der Waals surface area contributed by atoms with Crippen molar-refractivity contribution < 1.29 is 0 Å². The van der Waals surface area contributed by atoms with Gasteiger partial charge in [0.1, 0.15) is 0 Å². The van der Waals surface area contributed by atoms with E-state index in [1.165, 1.54) is 11.1 Å². The van der Waals surface area contributed by atoms with Crippen molar-refractivity contribution in [1.29, 1.82) is 0 Å². The van der Waals surface area contributed by atoms with E-state index in [1.54, 1.807) is 0 Å². The second-order valence-corrected chi connectivity index (χ2v) is 4.48. The molecule has 0 nitrogen and oxygen atoms in total. The van der Waals surface area contributed by atoms with Gasteiger partial charge in [0.15, 0.2) is 0 Å². The predicted molar refractivity (Wildman–Crippen MR) is 82.9 cm³/mol. The van der Waals surface area contributed by atoms with E-state index >= 15 is 0 Å². The quantitative estimate of drug-likeness (QED) is 0.700. The van der Waals surface area contributed by atoms with Crippen molar-refractivity contribution in [3.63, 3.8) is 0 Å². The fraction of sp³-hybridized carbons (Fsp3) is 0.158. The lowest BCUT2D eigenvalue weighted by Gasteiger charge is -1.97. The highest BCUT2D eigenvalue weighted by Gasteiger charge is 1.91. The molecule has 0 radical (unpaired) electrons. The zero-order valence-electron chi connectivity index (χ0n) is 11.3. The van der Waals surface area contributed by atoms with Gasteiger partial charge < -0.3 is 0 Å². The Morgan fingerprint density at radius 3 is 2.53 bits per heavy atom. The molecular formula is C19H18. The second-order valence-electron chi connectivity index (χ2n) is 4.48. The molecule has 0 unspecified atom stereocenters. The first-order valence-electron chi connectivity index (χ1n) is 6.61. The van der Waals surface area contributed by atoms with Crippen LogP contribution in [-0.4, -0.2) is 0 Å². The average molecular weight is 246 g/mol. The Morgan fingerprint density at radius 2 is 1.84 bits per heavy atom. The Kier molecular flexibility index (Phi) is 4.59. The zero-order valence-corrected chi connectivity index (χ0v) is 11.3. The summed E-state index contributed by atoms with van der Waals surface area (Å²) in [5, 5.41) is 0. The maximum atomic E-state index is 3.78. The third-order valence-electron chi connectivity index (χ3n) is 3.07. The van der Waals surface area contributed by atoms with Crippen molar-refractivity contribution in [2.24, 2.45) is 0 Å². The summed E-state index contributed by atoms with van der Waals surface area (Å²) in [6.07, 6.45) is 3.71. The average Bonchev–Trinajstić information content (AvgIpc) is 2.48. The molecule has 19 heavy (non-hydrogen) atoms. The lowest BCUT2D eigenvalue weighted by atomic mass is 10.1. The molecule has 0 saturated carbocycles. The zero-order chi connectivity index (χ0) is 13.5. The minimum Gasteiger partial charge on any atom is -0.0985 e. The van der Waals surface area contributed by atoms with E-state index in [0.29, 0.717) is 0 Å². The molecule has 94 valence electrons. The summed E-state index contributed by atoms with van der Waals surface area (Å²) in [4.78, 5) is 0. The molecule has 0 heterocycles. The minimum atomic E-state index is 0.775. The van der Waals surface area contributed by atoms with E-state index in [1.807, 2.05) is 18.2 Å². The van der Waals surface area contributed by atoms with Crippen LogP contribution in [0.1, 0.15) is 29.2 Å². The van der Waals surface area contributed by atoms with Crippen LogP contribution in [-0.2, 0) is 12.8 Å². The van der Waals surface area contributed by atoms with Crippen molar-refractivity contribution in [1.82, 2.24) is 0 Å². The summed E-state index contributed by atoms with van der Waals surface area (Å²) in [6.45, 7) is 5.94. The summed E-state index contributed by atoms with van der Waals surface area (Å²) in [7, 11) is 0. The number of benzene rings is 2. The SMILES string of the molecule is C=Cc1cccc(CC#Cc2ccc(CC)cc2)c1. The second kappa shape index (κ2) is 6.61. The van der Waals surface area contributed by atoms with E-state index < -0.39 is 0 Å². The van der Waals surface area contributed by atoms with Crippen LogP contribution in [0, 0.1) is 11.8 Å². The Bertz CT molecular complexity index is 606.